The second kappa shape index (κ2) is 10.5. The molecule has 1 unspecified atom stereocenters. The van der Waals surface area contributed by atoms with E-state index in [-0.39, 0.29) is 24.8 Å². The molecule has 0 radical (unpaired) electrons. The topological polar surface area (TPSA) is 0 Å². The first-order chi connectivity index (χ1) is 10.5. The van der Waals surface area contributed by atoms with Gasteiger partial charge in [0.1, 0.15) is 0 Å². The van der Waals surface area contributed by atoms with E-state index in [1.54, 1.807) is 33.4 Å². The first-order valence-corrected chi connectivity index (χ1v) is 11.5. The van der Waals surface area contributed by atoms with Crippen molar-refractivity contribution in [3.05, 3.63) is 40.0 Å². The summed E-state index contributed by atoms with van der Waals surface area (Å²) >= 11 is -0.638. The zero-order valence-electron chi connectivity index (χ0n) is 16.4. The van der Waals surface area contributed by atoms with Gasteiger partial charge in [0.05, 0.1) is 0 Å². The molecule has 0 N–H and O–H groups in total. The van der Waals surface area contributed by atoms with Crippen molar-refractivity contribution in [2.75, 3.05) is 0 Å². The monoisotopic (exact) mass is 444 g/mol. The van der Waals surface area contributed by atoms with Crippen LogP contribution in [0.4, 0.5) is 0 Å². The predicted molar refractivity (Wildman–Crippen MR) is 94.4 cm³/mol. The molecule has 3 heteroatoms. The molecule has 0 aromatic rings. The third-order valence-corrected chi connectivity index (χ3v) is 10.4. The first kappa shape index (κ1) is 24.4. The molecule has 0 spiro atoms. The molecule has 0 nitrogen and oxygen atoms in total. The van der Waals surface area contributed by atoms with Gasteiger partial charge in [-0.15, -0.1) is 0 Å². The molecule has 0 bridgehead atoms. The minimum Gasteiger partial charge on any atom is -1.00 e. The van der Waals surface area contributed by atoms with E-state index < -0.39 is 23.2 Å². The second-order valence-electron chi connectivity index (χ2n) is 6.78. The van der Waals surface area contributed by atoms with E-state index in [0.717, 1.165) is 5.92 Å². The summed E-state index contributed by atoms with van der Waals surface area (Å²) in [6.07, 6.45) is 6.27. The van der Waals surface area contributed by atoms with Crippen molar-refractivity contribution < 1.29 is 48.0 Å². The summed E-state index contributed by atoms with van der Waals surface area (Å²) < 4.78 is 3.74. The zero-order chi connectivity index (χ0) is 16.4. The zero-order valence-corrected chi connectivity index (χ0v) is 20.3. The number of rotatable bonds is 6. The minimum absolute atomic E-state index is 0. The van der Waals surface area contributed by atoms with Crippen LogP contribution in [0.25, 0.3) is 0 Å². The fraction of sp³-hybridized carbons (Fsp3) is 0.619. The number of hydrogen-bond acceptors (Lipinski definition) is 0. The van der Waals surface area contributed by atoms with Gasteiger partial charge in [0.25, 0.3) is 0 Å². The average molecular weight is 447 g/mol. The molecule has 0 aliphatic heterocycles. The summed E-state index contributed by atoms with van der Waals surface area (Å²) in [5.74, 6) is 0.788. The molecule has 0 aromatic carbocycles. The molecular weight excluding hydrogens is 414 g/mol. The molecular formula is C21H32Cl2Zr. The smallest absolute Gasteiger partial charge is 1.00 e. The first-order valence-electron chi connectivity index (χ1n) is 9.08. The summed E-state index contributed by atoms with van der Waals surface area (Å²) in [5.41, 5.74) is 10.2. The van der Waals surface area contributed by atoms with Gasteiger partial charge in [0.15, 0.2) is 0 Å². The molecule has 134 valence electrons. The van der Waals surface area contributed by atoms with Gasteiger partial charge in [-0.05, 0) is 0 Å². The minimum atomic E-state index is -0.638. The number of halogens is 2. The van der Waals surface area contributed by atoms with Crippen LogP contribution in [0.15, 0.2) is 40.0 Å². The van der Waals surface area contributed by atoms with Gasteiger partial charge in [0.2, 0.25) is 0 Å². The van der Waals surface area contributed by atoms with Crippen molar-refractivity contribution in [2.45, 2.75) is 80.6 Å². The van der Waals surface area contributed by atoms with Crippen molar-refractivity contribution in [2.24, 2.45) is 5.92 Å². The second-order valence-corrected chi connectivity index (χ2v) is 9.95. The normalized spacial score (nSPS) is 20.5. The quantitative estimate of drug-likeness (QED) is 0.569. The van der Waals surface area contributed by atoms with Crippen molar-refractivity contribution in [3.8, 4) is 0 Å². The molecule has 2 rings (SSSR count). The van der Waals surface area contributed by atoms with Crippen LogP contribution in [-0.4, -0.2) is 0 Å². The van der Waals surface area contributed by atoms with Gasteiger partial charge in [-0.1, -0.05) is 0 Å². The van der Waals surface area contributed by atoms with Crippen LogP contribution >= 0.6 is 0 Å². The van der Waals surface area contributed by atoms with Gasteiger partial charge in [-0.3, -0.25) is 0 Å². The molecule has 0 saturated carbocycles. The van der Waals surface area contributed by atoms with Crippen LogP contribution in [-0.2, 0) is 23.2 Å². The summed E-state index contributed by atoms with van der Waals surface area (Å²) in [7, 11) is 0. The molecule has 0 aromatic heterocycles. The third-order valence-electron chi connectivity index (χ3n) is 5.57. The Bertz CT molecular complexity index is 591. The molecule has 0 saturated heterocycles. The van der Waals surface area contributed by atoms with E-state index in [2.05, 4.69) is 48.5 Å². The average Bonchev–Trinajstić information content (AvgIpc) is 2.94. The Kier molecular flexibility index (Phi) is 10.7. The maximum absolute atomic E-state index is 2.40. The van der Waals surface area contributed by atoms with Gasteiger partial charge in [-0.2, -0.15) is 0 Å². The van der Waals surface area contributed by atoms with E-state index >= 15 is 0 Å². The fourth-order valence-electron chi connectivity index (χ4n) is 4.36. The number of allylic oxidation sites excluding steroid dienone is 8. The predicted octanol–water partition coefficient (Wildman–Crippen LogP) is 0.912. The molecule has 0 fully saturated rings. The standard InChI is InChI=1S/C13H21.C8H11.2ClH.Zr/c1-5-10-9-11(6-2)13(8-4)12(10)7-3;1-6-4-7(2)8(3)5-6;;;/h10H,5-8H2,1-4H3;4H2,1-3H3;2*1H;/q;;;;+2/p-2. The van der Waals surface area contributed by atoms with E-state index in [9.17, 15) is 0 Å². The Morgan fingerprint density at radius 1 is 0.833 bits per heavy atom. The van der Waals surface area contributed by atoms with Crippen LogP contribution in [0, 0.1) is 5.92 Å². The summed E-state index contributed by atoms with van der Waals surface area (Å²) in [4.78, 5) is 0. The Morgan fingerprint density at radius 3 is 1.79 bits per heavy atom. The Labute approximate surface area is 173 Å². The van der Waals surface area contributed by atoms with Gasteiger partial charge in [0, 0.05) is 0 Å². The molecule has 24 heavy (non-hydrogen) atoms. The number of hydrogen-bond donors (Lipinski definition) is 0. The van der Waals surface area contributed by atoms with Gasteiger partial charge < -0.3 is 24.8 Å². The van der Waals surface area contributed by atoms with Crippen LogP contribution < -0.4 is 24.8 Å². The van der Waals surface area contributed by atoms with Crippen molar-refractivity contribution in [1.29, 1.82) is 0 Å². The van der Waals surface area contributed by atoms with Crippen molar-refractivity contribution in [1.82, 2.24) is 0 Å². The van der Waals surface area contributed by atoms with Gasteiger partial charge in [-0.25, -0.2) is 0 Å². The molecule has 2 aliphatic rings. The van der Waals surface area contributed by atoms with Crippen molar-refractivity contribution >= 4 is 0 Å². The largest absolute Gasteiger partial charge is 1.00 e. The SMILES string of the molecule is CCC1=C(CC)C(CC)[C]([Zr+2][C]2=C(C)CC(C)=C2C)=C1CC.[Cl-].[Cl-]. The summed E-state index contributed by atoms with van der Waals surface area (Å²) in [6, 6.07) is 0. The molecule has 2 aliphatic carbocycles. The molecule has 0 heterocycles. The van der Waals surface area contributed by atoms with E-state index in [1.807, 2.05) is 6.56 Å². The Balaban J connectivity index is 0.00000264. The van der Waals surface area contributed by atoms with E-state index in [4.69, 9.17) is 0 Å². The van der Waals surface area contributed by atoms with Crippen LogP contribution in [0.3, 0.4) is 0 Å². The van der Waals surface area contributed by atoms with Gasteiger partial charge >= 0.3 is 150 Å². The maximum Gasteiger partial charge on any atom is -1.00 e. The van der Waals surface area contributed by atoms with Crippen LogP contribution in [0.2, 0.25) is 0 Å². The molecule has 1 atom stereocenters. The van der Waals surface area contributed by atoms with E-state index in [0.29, 0.717) is 0 Å². The fourth-order valence-corrected chi connectivity index (χ4v) is 9.28. The summed E-state index contributed by atoms with van der Waals surface area (Å²) in [6.45, 7) is 16.6. The van der Waals surface area contributed by atoms with E-state index in [1.165, 1.54) is 32.1 Å². The Hall–Kier alpha value is 0.423. The van der Waals surface area contributed by atoms with Crippen LogP contribution in [0.1, 0.15) is 80.6 Å². The Morgan fingerprint density at radius 2 is 1.42 bits per heavy atom. The van der Waals surface area contributed by atoms with Crippen molar-refractivity contribution in [3.63, 3.8) is 0 Å². The third kappa shape index (κ3) is 4.39. The maximum atomic E-state index is 2.40. The van der Waals surface area contributed by atoms with Crippen LogP contribution in [0.5, 0.6) is 0 Å². The summed E-state index contributed by atoms with van der Waals surface area (Å²) in [5, 5.41) is 0. The molecule has 0 amide bonds.